The van der Waals surface area contributed by atoms with Gasteiger partial charge in [-0.15, -0.1) is 0 Å². The standard InChI is InChI=1S/C20H23N5O2/c1-13-4-5-15(14(2)8-13)9-16-6-7-25(16)18(26)11-24-12-21-19-17(20(24)27)10-22-23(19)3/h4-5,8,10,12,16H,6-7,9,11H2,1-3H3. The van der Waals surface area contributed by atoms with Gasteiger partial charge in [-0.2, -0.15) is 5.10 Å². The zero-order valence-corrected chi connectivity index (χ0v) is 15.8. The second kappa shape index (κ2) is 6.64. The van der Waals surface area contributed by atoms with E-state index in [2.05, 4.69) is 42.1 Å². The fraction of sp³-hybridized carbons (Fsp3) is 0.400. The normalized spacial score (nSPS) is 16.6. The van der Waals surface area contributed by atoms with E-state index in [0.717, 1.165) is 19.4 Å². The maximum atomic E-state index is 12.7. The minimum atomic E-state index is -0.229. The Hall–Kier alpha value is -2.96. The first-order chi connectivity index (χ1) is 12.9. The van der Waals surface area contributed by atoms with Crippen LogP contribution in [0.3, 0.4) is 0 Å². The molecule has 3 heterocycles. The molecule has 3 aromatic rings. The van der Waals surface area contributed by atoms with Crippen molar-refractivity contribution in [3.05, 3.63) is 57.8 Å². The van der Waals surface area contributed by atoms with E-state index in [1.54, 1.807) is 11.7 Å². The van der Waals surface area contributed by atoms with Gasteiger partial charge in [0.1, 0.15) is 18.3 Å². The van der Waals surface area contributed by atoms with E-state index < -0.39 is 0 Å². The molecule has 1 unspecified atom stereocenters. The van der Waals surface area contributed by atoms with E-state index in [1.165, 1.54) is 33.8 Å². The first-order valence-electron chi connectivity index (χ1n) is 9.17. The average molecular weight is 365 g/mol. The maximum absolute atomic E-state index is 12.7. The molecule has 1 fully saturated rings. The van der Waals surface area contributed by atoms with Crippen molar-refractivity contribution in [2.75, 3.05) is 6.54 Å². The monoisotopic (exact) mass is 365 g/mol. The van der Waals surface area contributed by atoms with Crippen LogP contribution in [-0.2, 0) is 24.8 Å². The number of rotatable bonds is 4. The fourth-order valence-corrected chi connectivity index (χ4v) is 3.73. The van der Waals surface area contributed by atoms with Crippen LogP contribution in [0.1, 0.15) is 23.1 Å². The van der Waals surface area contributed by atoms with Crippen LogP contribution in [0.5, 0.6) is 0 Å². The van der Waals surface area contributed by atoms with Gasteiger partial charge in [-0.3, -0.25) is 18.8 Å². The molecule has 0 radical (unpaired) electrons. The predicted molar refractivity (Wildman–Crippen MR) is 103 cm³/mol. The van der Waals surface area contributed by atoms with E-state index >= 15 is 0 Å². The molecule has 1 atom stereocenters. The Balaban J connectivity index is 1.48. The summed E-state index contributed by atoms with van der Waals surface area (Å²) in [6.45, 7) is 4.95. The van der Waals surface area contributed by atoms with Gasteiger partial charge >= 0.3 is 0 Å². The largest absolute Gasteiger partial charge is 0.338 e. The minimum Gasteiger partial charge on any atom is -0.338 e. The molecule has 140 valence electrons. The van der Waals surface area contributed by atoms with E-state index in [4.69, 9.17) is 0 Å². The first-order valence-corrected chi connectivity index (χ1v) is 9.17. The van der Waals surface area contributed by atoms with E-state index in [0.29, 0.717) is 11.0 Å². The Labute approximate surface area is 157 Å². The number of fused-ring (bicyclic) bond motifs is 1. The van der Waals surface area contributed by atoms with Crippen LogP contribution in [0.15, 0.2) is 35.5 Å². The number of likely N-dealkylation sites (tertiary alicyclic amines) is 1. The van der Waals surface area contributed by atoms with Gasteiger partial charge in [0.15, 0.2) is 5.65 Å². The van der Waals surface area contributed by atoms with Crippen molar-refractivity contribution in [1.82, 2.24) is 24.2 Å². The summed E-state index contributed by atoms with van der Waals surface area (Å²) in [5, 5.41) is 4.49. The van der Waals surface area contributed by atoms with Crippen LogP contribution in [0, 0.1) is 13.8 Å². The van der Waals surface area contributed by atoms with Gasteiger partial charge in [0.05, 0.1) is 6.20 Å². The number of benzene rings is 1. The summed E-state index contributed by atoms with van der Waals surface area (Å²) in [5.41, 5.74) is 4.08. The highest BCUT2D eigenvalue weighted by Gasteiger charge is 2.32. The van der Waals surface area contributed by atoms with Crippen LogP contribution < -0.4 is 5.56 Å². The summed E-state index contributed by atoms with van der Waals surface area (Å²) >= 11 is 0. The van der Waals surface area contributed by atoms with Crippen molar-refractivity contribution >= 4 is 16.9 Å². The summed E-state index contributed by atoms with van der Waals surface area (Å²) in [5.74, 6) is -0.0387. The van der Waals surface area contributed by atoms with Gasteiger partial charge in [-0.1, -0.05) is 23.8 Å². The highest BCUT2D eigenvalue weighted by atomic mass is 16.2. The first kappa shape index (κ1) is 17.5. The van der Waals surface area contributed by atoms with Crippen molar-refractivity contribution < 1.29 is 4.79 Å². The molecule has 27 heavy (non-hydrogen) atoms. The Bertz CT molecular complexity index is 1080. The van der Waals surface area contributed by atoms with Gasteiger partial charge in [0, 0.05) is 19.6 Å². The van der Waals surface area contributed by atoms with E-state index in [1.807, 2.05) is 4.90 Å². The lowest BCUT2D eigenvalue weighted by Crippen LogP contribution is -2.53. The number of hydrogen-bond acceptors (Lipinski definition) is 4. The van der Waals surface area contributed by atoms with Crippen LogP contribution in [0.2, 0.25) is 0 Å². The van der Waals surface area contributed by atoms with Crippen molar-refractivity contribution in [2.45, 2.75) is 39.3 Å². The highest BCUT2D eigenvalue weighted by molar-refractivity contribution is 5.78. The minimum absolute atomic E-state index is 0.0139. The number of hydrogen-bond donors (Lipinski definition) is 0. The molecule has 1 aliphatic heterocycles. The third kappa shape index (κ3) is 3.13. The molecule has 1 aromatic carbocycles. The third-order valence-corrected chi connectivity index (χ3v) is 5.44. The summed E-state index contributed by atoms with van der Waals surface area (Å²) in [7, 11) is 1.74. The molecule has 1 aliphatic rings. The van der Waals surface area contributed by atoms with Crippen molar-refractivity contribution in [1.29, 1.82) is 0 Å². The smallest absolute Gasteiger partial charge is 0.264 e. The molecular formula is C20H23N5O2. The van der Waals surface area contributed by atoms with Crippen molar-refractivity contribution in [3.8, 4) is 0 Å². The molecule has 0 aliphatic carbocycles. The molecule has 7 nitrogen and oxygen atoms in total. The zero-order chi connectivity index (χ0) is 19.1. The molecule has 0 N–H and O–H groups in total. The Kier molecular flexibility index (Phi) is 4.30. The van der Waals surface area contributed by atoms with Crippen LogP contribution >= 0.6 is 0 Å². The number of carbonyl (C=O) groups excluding carboxylic acids is 1. The fourth-order valence-electron chi connectivity index (χ4n) is 3.73. The van der Waals surface area contributed by atoms with Crippen LogP contribution in [0.4, 0.5) is 0 Å². The zero-order valence-electron chi connectivity index (χ0n) is 15.8. The molecule has 1 amide bonds. The molecule has 4 rings (SSSR count). The summed E-state index contributed by atoms with van der Waals surface area (Å²) in [4.78, 5) is 31.4. The van der Waals surface area contributed by atoms with Gasteiger partial charge < -0.3 is 4.90 Å². The Morgan fingerprint density at radius 1 is 1.30 bits per heavy atom. The summed E-state index contributed by atoms with van der Waals surface area (Å²) < 4.78 is 2.93. The van der Waals surface area contributed by atoms with Crippen LogP contribution in [-0.4, -0.2) is 42.7 Å². The molecule has 1 saturated heterocycles. The third-order valence-electron chi connectivity index (χ3n) is 5.44. The van der Waals surface area contributed by atoms with Gasteiger partial charge in [-0.05, 0) is 37.8 Å². The molecule has 0 spiro atoms. The van der Waals surface area contributed by atoms with Gasteiger partial charge in [0.2, 0.25) is 5.91 Å². The molecule has 0 bridgehead atoms. The number of aromatic nitrogens is 4. The topological polar surface area (TPSA) is 73.0 Å². The quantitative estimate of drug-likeness (QED) is 0.704. The second-order valence-corrected chi connectivity index (χ2v) is 7.35. The highest BCUT2D eigenvalue weighted by Crippen LogP contribution is 2.24. The maximum Gasteiger partial charge on any atom is 0.264 e. The van der Waals surface area contributed by atoms with Crippen molar-refractivity contribution in [3.63, 3.8) is 0 Å². The lowest BCUT2D eigenvalue weighted by atomic mass is 9.92. The van der Waals surface area contributed by atoms with Gasteiger partial charge in [-0.25, -0.2) is 4.98 Å². The summed E-state index contributed by atoms with van der Waals surface area (Å²) in [6.07, 6.45) is 4.78. The Morgan fingerprint density at radius 2 is 2.11 bits per heavy atom. The lowest BCUT2D eigenvalue weighted by molar-refractivity contribution is -0.139. The number of aryl methyl sites for hydroxylation is 3. The number of carbonyl (C=O) groups is 1. The van der Waals surface area contributed by atoms with Crippen molar-refractivity contribution in [2.24, 2.45) is 7.05 Å². The number of nitrogens with zero attached hydrogens (tertiary/aromatic N) is 5. The van der Waals surface area contributed by atoms with E-state index in [-0.39, 0.29) is 24.1 Å². The predicted octanol–water partition coefficient (Wildman–Crippen LogP) is 1.59. The Morgan fingerprint density at radius 3 is 2.81 bits per heavy atom. The van der Waals surface area contributed by atoms with Crippen LogP contribution in [0.25, 0.3) is 11.0 Å². The molecule has 7 heteroatoms. The van der Waals surface area contributed by atoms with Gasteiger partial charge in [0.25, 0.3) is 5.56 Å². The van der Waals surface area contributed by atoms with E-state index in [9.17, 15) is 9.59 Å². The lowest BCUT2D eigenvalue weighted by Gasteiger charge is -2.41. The second-order valence-electron chi connectivity index (χ2n) is 7.35. The summed E-state index contributed by atoms with van der Waals surface area (Å²) in [6, 6.07) is 6.64. The molecule has 0 saturated carbocycles. The molecular weight excluding hydrogens is 342 g/mol. The number of amides is 1. The SMILES string of the molecule is Cc1ccc(CC2CCN2C(=O)Cn2cnc3c(cnn3C)c2=O)c(C)c1. The molecule has 2 aromatic heterocycles. The average Bonchev–Trinajstić information content (AvgIpc) is 2.97.